The number of pyridine rings is 1. The Morgan fingerprint density at radius 3 is 2.76 bits per heavy atom. The van der Waals surface area contributed by atoms with Gasteiger partial charge in [-0.1, -0.05) is 18.2 Å². The lowest BCUT2D eigenvalue weighted by atomic mass is 10.2. The topological polar surface area (TPSA) is 77.0 Å². The van der Waals surface area contributed by atoms with Crippen LogP contribution < -0.4 is 10.1 Å². The summed E-state index contributed by atoms with van der Waals surface area (Å²) in [5.41, 5.74) is 0.881. The second-order valence-corrected chi connectivity index (χ2v) is 4.27. The number of ether oxygens (including phenoxy) is 1. The highest BCUT2D eigenvalue weighted by molar-refractivity contribution is 5.90. The zero-order chi connectivity index (χ0) is 14.5. The van der Waals surface area contributed by atoms with Crippen LogP contribution >= 0.6 is 0 Å². The molecule has 6 heteroatoms. The fraction of sp³-hybridized carbons (Fsp3) is 0.0667. The lowest BCUT2D eigenvalue weighted by Crippen LogP contribution is -2.21. The Balaban J connectivity index is 1.62. The molecule has 21 heavy (non-hydrogen) atoms. The summed E-state index contributed by atoms with van der Waals surface area (Å²) in [5, 5.41) is 3.50. The van der Waals surface area contributed by atoms with E-state index >= 15 is 0 Å². The SMILES string of the molecule is O=C(COc1cnc2ccccc2c1)Nc1ncccn1. The molecule has 0 saturated carbocycles. The average molecular weight is 280 g/mol. The monoisotopic (exact) mass is 280 g/mol. The number of anilines is 1. The van der Waals surface area contributed by atoms with Gasteiger partial charge in [-0.15, -0.1) is 0 Å². The summed E-state index contributed by atoms with van der Waals surface area (Å²) < 4.78 is 5.42. The second kappa shape index (κ2) is 5.96. The first kappa shape index (κ1) is 13.0. The molecule has 0 radical (unpaired) electrons. The van der Waals surface area contributed by atoms with Crippen molar-refractivity contribution < 1.29 is 9.53 Å². The Labute approximate surface area is 120 Å². The summed E-state index contributed by atoms with van der Waals surface area (Å²) in [6, 6.07) is 11.2. The van der Waals surface area contributed by atoms with Gasteiger partial charge in [0.15, 0.2) is 6.61 Å². The Kier molecular flexibility index (Phi) is 3.68. The van der Waals surface area contributed by atoms with Gasteiger partial charge in [0.05, 0.1) is 11.7 Å². The summed E-state index contributed by atoms with van der Waals surface area (Å²) in [5.74, 6) is 0.468. The summed E-state index contributed by atoms with van der Waals surface area (Å²) >= 11 is 0. The Morgan fingerprint density at radius 2 is 1.90 bits per heavy atom. The van der Waals surface area contributed by atoms with Gasteiger partial charge in [0.2, 0.25) is 5.95 Å². The molecule has 0 atom stereocenters. The number of para-hydroxylation sites is 1. The molecule has 1 amide bonds. The average Bonchev–Trinajstić information content (AvgIpc) is 2.54. The fourth-order valence-corrected chi connectivity index (χ4v) is 1.80. The normalized spacial score (nSPS) is 10.3. The summed E-state index contributed by atoms with van der Waals surface area (Å²) in [6.45, 7) is -0.127. The van der Waals surface area contributed by atoms with E-state index in [-0.39, 0.29) is 18.5 Å². The van der Waals surface area contributed by atoms with Crippen LogP contribution in [0.25, 0.3) is 10.9 Å². The van der Waals surface area contributed by atoms with Crippen molar-refractivity contribution in [2.45, 2.75) is 0 Å². The predicted molar refractivity (Wildman–Crippen MR) is 77.9 cm³/mol. The van der Waals surface area contributed by atoms with E-state index in [0.29, 0.717) is 5.75 Å². The van der Waals surface area contributed by atoms with E-state index in [1.165, 1.54) is 0 Å². The van der Waals surface area contributed by atoms with Crippen LogP contribution in [0.15, 0.2) is 55.0 Å². The fourth-order valence-electron chi connectivity index (χ4n) is 1.80. The maximum Gasteiger partial charge on any atom is 0.264 e. The number of carbonyl (C=O) groups is 1. The lowest BCUT2D eigenvalue weighted by molar-refractivity contribution is -0.118. The Hall–Kier alpha value is -3.02. The first-order chi connectivity index (χ1) is 10.3. The minimum Gasteiger partial charge on any atom is -0.482 e. The van der Waals surface area contributed by atoms with E-state index < -0.39 is 0 Å². The largest absolute Gasteiger partial charge is 0.482 e. The Bertz CT molecular complexity index is 762. The molecule has 0 aliphatic heterocycles. The number of carbonyl (C=O) groups excluding carboxylic acids is 1. The highest BCUT2D eigenvalue weighted by atomic mass is 16.5. The van der Waals surface area contributed by atoms with Crippen LogP contribution in [0.2, 0.25) is 0 Å². The molecule has 0 unspecified atom stereocenters. The van der Waals surface area contributed by atoms with Crippen molar-refractivity contribution in [2.24, 2.45) is 0 Å². The van der Waals surface area contributed by atoms with Gasteiger partial charge in [0, 0.05) is 17.8 Å². The van der Waals surface area contributed by atoms with Crippen molar-refractivity contribution in [1.82, 2.24) is 15.0 Å². The van der Waals surface area contributed by atoms with Crippen LogP contribution in [0.1, 0.15) is 0 Å². The van der Waals surface area contributed by atoms with Crippen molar-refractivity contribution in [3.63, 3.8) is 0 Å². The van der Waals surface area contributed by atoms with Crippen molar-refractivity contribution in [2.75, 3.05) is 11.9 Å². The highest BCUT2D eigenvalue weighted by Crippen LogP contribution is 2.17. The number of rotatable bonds is 4. The summed E-state index contributed by atoms with van der Waals surface area (Å²) in [6.07, 6.45) is 4.70. The molecule has 0 aliphatic carbocycles. The molecule has 2 aromatic heterocycles. The predicted octanol–water partition coefficient (Wildman–Crippen LogP) is 2.04. The van der Waals surface area contributed by atoms with Gasteiger partial charge in [-0.3, -0.25) is 15.1 Å². The number of nitrogens with one attached hydrogen (secondary N) is 1. The molecular weight excluding hydrogens is 268 g/mol. The molecule has 2 heterocycles. The van der Waals surface area contributed by atoms with E-state index in [9.17, 15) is 4.79 Å². The molecule has 0 spiro atoms. The zero-order valence-electron chi connectivity index (χ0n) is 11.1. The third-order valence-corrected chi connectivity index (χ3v) is 2.75. The molecule has 3 rings (SSSR count). The standard InChI is InChI=1S/C15H12N4O2/c20-14(19-15-16-6-3-7-17-15)10-21-12-8-11-4-1-2-5-13(11)18-9-12/h1-9H,10H2,(H,16,17,19,20). The third kappa shape index (κ3) is 3.30. The number of hydrogen-bond acceptors (Lipinski definition) is 5. The maximum atomic E-state index is 11.7. The smallest absolute Gasteiger partial charge is 0.264 e. The van der Waals surface area contributed by atoms with Gasteiger partial charge in [-0.05, 0) is 18.2 Å². The highest BCUT2D eigenvalue weighted by Gasteiger charge is 2.05. The molecule has 0 bridgehead atoms. The van der Waals surface area contributed by atoms with Crippen LogP contribution in [0.5, 0.6) is 5.75 Å². The van der Waals surface area contributed by atoms with Gasteiger partial charge < -0.3 is 4.74 Å². The molecule has 0 aliphatic rings. The van der Waals surface area contributed by atoms with E-state index in [1.54, 1.807) is 24.7 Å². The van der Waals surface area contributed by atoms with Crippen molar-refractivity contribution in [3.8, 4) is 5.75 Å². The second-order valence-electron chi connectivity index (χ2n) is 4.27. The Morgan fingerprint density at radius 1 is 1.10 bits per heavy atom. The van der Waals surface area contributed by atoms with Crippen LogP contribution in [0.4, 0.5) is 5.95 Å². The van der Waals surface area contributed by atoms with E-state index in [0.717, 1.165) is 10.9 Å². The van der Waals surface area contributed by atoms with Gasteiger partial charge in [0.1, 0.15) is 5.75 Å². The van der Waals surface area contributed by atoms with Crippen molar-refractivity contribution in [1.29, 1.82) is 0 Å². The van der Waals surface area contributed by atoms with Gasteiger partial charge in [0.25, 0.3) is 5.91 Å². The number of nitrogens with zero attached hydrogens (tertiary/aromatic N) is 3. The van der Waals surface area contributed by atoms with Crippen LogP contribution in [0, 0.1) is 0 Å². The molecule has 104 valence electrons. The minimum atomic E-state index is -0.325. The molecule has 6 nitrogen and oxygen atoms in total. The summed E-state index contributed by atoms with van der Waals surface area (Å²) in [7, 11) is 0. The van der Waals surface area contributed by atoms with Gasteiger partial charge >= 0.3 is 0 Å². The van der Waals surface area contributed by atoms with Gasteiger partial charge in [-0.2, -0.15) is 0 Å². The van der Waals surface area contributed by atoms with Gasteiger partial charge in [-0.25, -0.2) is 9.97 Å². The number of aromatic nitrogens is 3. The first-order valence-electron chi connectivity index (χ1n) is 6.36. The number of hydrogen-bond donors (Lipinski definition) is 1. The van der Waals surface area contributed by atoms with Crippen LogP contribution in [0.3, 0.4) is 0 Å². The first-order valence-corrected chi connectivity index (χ1v) is 6.36. The minimum absolute atomic E-state index is 0.127. The number of amides is 1. The number of fused-ring (bicyclic) bond motifs is 1. The van der Waals surface area contributed by atoms with E-state index in [2.05, 4.69) is 20.3 Å². The van der Waals surface area contributed by atoms with Crippen molar-refractivity contribution >= 4 is 22.8 Å². The van der Waals surface area contributed by atoms with E-state index in [1.807, 2.05) is 30.3 Å². The molecule has 1 aromatic carbocycles. The van der Waals surface area contributed by atoms with Crippen LogP contribution in [-0.2, 0) is 4.79 Å². The van der Waals surface area contributed by atoms with Crippen molar-refractivity contribution in [3.05, 3.63) is 55.0 Å². The molecule has 3 aromatic rings. The molecule has 1 N–H and O–H groups in total. The maximum absolute atomic E-state index is 11.7. The number of benzene rings is 1. The third-order valence-electron chi connectivity index (χ3n) is 2.75. The molecular formula is C15H12N4O2. The molecule has 0 fully saturated rings. The lowest BCUT2D eigenvalue weighted by Gasteiger charge is -2.06. The van der Waals surface area contributed by atoms with Crippen LogP contribution in [-0.4, -0.2) is 27.5 Å². The zero-order valence-corrected chi connectivity index (χ0v) is 11.1. The quantitative estimate of drug-likeness (QED) is 0.791. The molecule has 0 saturated heterocycles. The summed E-state index contributed by atoms with van der Waals surface area (Å²) in [4.78, 5) is 23.8. The van der Waals surface area contributed by atoms with E-state index in [4.69, 9.17) is 4.74 Å².